The van der Waals surface area contributed by atoms with E-state index in [1.54, 1.807) is 19.1 Å². The van der Waals surface area contributed by atoms with Crippen molar-refractivity contribution in [1.29, 1.82) is 0 Å². The van der Waals surface area contributed by atoms with Crippen LogP contribution in [0.4, 0.5) is 4.39 Å². The lowest BCUT2D eigenvalue weighted by Gasteiger charge is -2.24. The van der Waals surface area contributed by atoms with Crippen LogP contribution in [-0.4, -0.2) is 5.11 Å². The highest BCUT2D eigenvalue weighted by Gasteiger charge is 2.34. The molecule has 1 aromatic rings. The number of hydrogen-bond acceptors (Lipinski definition) is 1. The van der Waals surface area contributed by atoms with Crippen LogP contribution in [0, 0.1) is 11.7 Å². The van der Waals surface area contributed by atoms with Crippen LogP contribution in [0.3, 0.4) is 0 Å². The van der Waals surface area contributed by atoms with Crippen LogP contribution in [0.15, 0.2) is 22.7 Å². The van der Waals surface area contributed by atoms with E-state index < -0.39 is 5.60 Å². The lowest BCUT2D eigenvalue weighted by atomic mass is 9.90. The molecule has 1 N–H and O–H groups in total. The molecular formula is C12H14BrFO. The molecule has 2 rings (SSSR count). The third-order valence-corrected chi connectivity index (χ3v) is 3.38. The lowest BCUT2D eigenvalue weighted by Crippen LogP contribution is -2.23. The highest BCUT2D eigenvalue weighted by Crippen LogP contribution is 2.41. The van der Waals surface area contributed by atoms with Crippen LogP contribution in [-0.2, 0) is 5.60 Å². The second-order valence-corrected chi connectivity index (χ2v) is 5.46. The quantitative estimate of drug-likeness (QED) is 0.892. The summed E-state index contributed by atoms with van der Waals surface area (Å²) in [6.07, 6.45) is 2.97. The molecule has 1 unspecified atom stereocenters. The van der Waals surface area contributed by atoms with Crippen molar-refractivity contribution in [3.8, 4) is 0 Å². The predicted octanol–water partition coefficient (Wildman–Crippen LogP) is 3.60. The summed E-state index contributed by atoms with van der Waals surface area (Å²) in [5.74, 6) is 0.238. The minimum absolute atomic E-state index is 0.330. The average molecular weight is 273 g/mol. The Hall–Kier alpha value is -0.410. The molecule has 0 aromatic heterocycles. The fraction of sp³-hybridized carbons (Fsp3) is 0.500. The van der Waals surface area contributed by atoms with E-state index >= 15 is 0 Å². The largest absolute Gasteiger partial charge is 0.385 e. The van der Waals surface area contributed by atoms with E-state index in [0.717, 1.165) is 17.3 Å². The molecule has 1 aromatic carbocycles. The molecule has 82 valence electrons. The summed E-state index contributed by atoms with van der Waals surface area (Å²) in [6, 6.07) is 4.70. The number of aliphatic hydroxyl groups is 1. The van der Waals surface area contributed by atoms with Crippen LogP contribution in [0.5, 0.6) is 0 Å². The maximum absolute atomic E-state index is 13.6. The number of benzene rings is 1. The van der Waals surface area contributed by atoms with E-state index in [-0.39, 0.29) is 5.82 Å². The Kier molecular flexibility index (Phi) is 2.86. The lowest BCUT2D eigenvalue weighted by molar-refractivity contribution is 0.0381. The molecule has 1 fully saturated rings. The normalized spacial score (nSPS) is 20.0. The van der Waals surface area contributed by atoms with E-state index in [4.69, 9.17) is 0 Å². The Balaban J connectivity index is 2.28. The Labute approximate surface area is 97.4 Å². The summed E-state index contributed by atoms with van der Waals surface area (Å²) in [5.41, 5.74) is -0.654. The standard InChI is InChI=1S/C12H14BrFO/c1-12(15,7-8-2-3-8)10-6-9(13)4-5-11(10)14/h4-6,8,15H,2-3,7H2,1H3. The summed E-state index contributed by atoms with van der Waals surface area (Å²) >= 11 is 3.29. The van der Waals surface area contributed by atoms with Crippen molar-refractivity contribution in [3.63, 3.8) is 0 Å². The van der Waals surface area contributed by atoms with Gasteiger partial charge in [-0.05, 0) is 37.5 Å². The highest BCUT2D eigenvalue weighted by molar-refractivity contribution is 9.10. The molecule has 0 radical (unpaired) electrons. The van der Waals surface area contributed by atoms with Gasteiger partial charge in [0.1, 0.15) is 5.82 Å². The first-order valence-corrected chi connectivity index (χ1v) is 5.96. The van der Waals surface area contributed by atoms with Gasteiger partial charge in [0, 0.05) is 10.0 Å². The van der Waals surface area contributed by atoms with Gasteiger partial charge in [-0.2, -0.15) is 0 Å². The van der Waals surface area contributed by atoms with E-state index in [0.29, 0.717) is 17.9 Å². The van der Waals surface area contributed by atoms with Gasteiger partial charge in [-0.3, -0.25) is 0 Å². The third kappa shape index (κ3) is 2.58. The molecule has 3 heteroatoms. The maximum Gasteiger partial charge on any atom is 0.129 e. The molecule has 0 heterocycles. The average Bonchev–Trinajstić information content (AvgIpc) is 2.92. The molecule has 0 bridgehead atoms. The van der Waals surface area contributed by atoms with Crippen LogP contribution in [0.2, 0.25) is 0 Å². The minimum atomic E-state index is -1.05. The van der Waals surface area contributed by atoms with Crippen LogP contribution < -0.4 is 0 Å². The van der Waals surface area contributed by atoms with Crippen molar-refractivity contribution >= 4 is 15.9 Å². The van der Waals surface area contributed by atoms with Gasteiger partial charge in [-0.15, -0.1) is 0 Å². The van der Waals surface area contributed by atoms with E-state index in [1.165, 1.54) is 6.07 Å². The molecule has 0 aliphatic heterocycles. The molecule has 1 atom stereocenters. The minimum Gasteiger partial charge on any atom is -0.385 e. The maximum atomic E-state index is 13.6. The van der Waals surface area contributed by atoms with Gasteiger partial charge in [0.2, 0.25) is 0 Å². The number of hydrogen-bond donors (Lipinski definition) is 1. The Morgan fingerprint density at radius 2 is 2.20 bits per heavy atom. The summed E-state index contributed by atoms with van der Waals surface area (Å²) in [4.78, 5) is 0. The molecule has 1 aliphatic carbocycles. The topological polar surface area (TPSA) is 20.2 Å². The summed E-state index contributed by atoms with van der Waals surface area (Å²) in [5, 5.41) is 10.2. The summed E-state index contributed by atoms with van der Waals surface area (Å²) in [6.45, 7) is 1.69. The molecule has 0 amide bonds. The van der Waals surface area contributed by atoms with E-state index in [2.05, 4.69) is 15.9 Å². The van der Waals surface area contributed by atoms with Crippen LogP contribution in [0.1, 0.15) is 31.7 Å². The zero-order chi connectivity index (χ0) is 11.1. The van der Waals surface area contributed by atoms with Crippen molar-refractivity contribution in [2.45, 2.75) is 31.8 Å². The molecule has 0 saturated heterocycles. The zero-order valence-corrected chi connectivity index (χ0v) is 10.2. The SMILES string of the molecule is CC(O)(CC1CC1)c1cc(Br)ccc1F. The summed E-state index contributed by atoms with van der Waals surface area (Å²) in [7, 11) is 0. The van der Waals surface area contributed by atoms with E-state index in [1.807, 2.05) is 0 Å². The monoisotopic (exact) mass is 272 g/mol. The fourth-order valence-corrected chi connectivity index (χ4v) is 2.27. The van der Waals surface area contributed by atoms with Gasteiger partial charge in [0.25, 0.3) is 0 Å². The van der Waals surface area contributed by atoms with Gasteiger partial charge in [-0.25, -0.2) is 4.39 Å². The van der Waals surface area contributed by atoms with Crippen molar-refractivity contribution in [2.75, 3.05) is 0 Å². The van der Waals surface area contributed by atoms with Crippen molar-refractivity contribution in [1.82, 2.24) is 0 Å². The van der Waals surface area contributed by atoms with Crippen LogP contribution in [0.25, 0.3) is 0 Å². The molecule has 1 nitrogen and oxygen atoms in total. The van der Waals surface area contributed by atoms with Crippen molar-refractivity contribution in [3.05, 3.63) is 34.1 Å². The van der Waals surface area contributed by atoms with Gasteiger partial charge >= 0.3 is 0 Å². The first-order chi connectivity index (χ1) is 6.99. The fourth-order valence-electron chi connectivity index (χ4n) is 1.90. The number of halogens is 2. The smallest absolute Gasteiger partial charge is 0.129 e. The van der Waals surface area contributed by atoms with Gasteiger partial charge < -0.3 is 5.11 Å². The Morgan fingerprint density at radius 1 is 1.53 bits per heavy atom. The molecule has 1 aliphatic rings. The highest BCUT2D eigenvalue weighted by atomic mass is 79.9. The van der Waals surface area contributed by atoms with Crippen molar-refractivity contribution < 1.29 is 9.50 Å². The molecule has 1 saturated carbocycles. The second kappa shape index (κ2) is 3.87. The predicted molar refractivity (Wildman–Crippen MR) is 61.0 cm³/mol. The molecule has 0 spiro atoms. The summed E-state index contributed by atoms with van der Waals surface area (Å²) < 4.78 is 14.4. The van der Waals surface area contributed by atoms with Crippen molar-refractivity contribution in [2.24, 2.45) is 5.92 Å². The third-order valence-electron chi connectivity index (χ3n) is 2.89. The first-order valence-electron chi connectivity index (χ1n) is 5.17. The molecule has 15 heavy (non-hydrogen) atoms. The first kappa shape index (κ1) is 11.1. The molecular weight excluding hydrogens is 259 g/mol. The Bertz CT molecular complexity index is 372. The van der Waals surface area contributed by atoms with E-state index in [9.17, 15) is 9.50 Å². The van der Waals surface area contributed by atoms with Gasteiger partial charge in [-0.1, -0.05) is 28.8 Å². The second-order valence-electron chi connectivity index (χ2n) is 4.55. The van der Waals surface area contributed by atoms with Gasteiger partial charge in [0.15, 0.2) is 0 Å². The van der Waals surface area contributed by atoms with Gasteiger partial charge in [0.05, 0.1) is 5.60 Å². The number of rotatable bonds is 3. The Morgan fingerprint density at radius 3 is 2.80 bits per heavy atom. The zero-order valence-electron chi connectivity index (χ0n) is 8.63. The van der Waals surface area contributed by atoms with Crippen LogP contribution >= 0.6 is 15.9 Å².